The number of ether oxygens (including phenoxy) is 1. The van der Waals surface area contributed by atoms with Crippen LogP contribution in [-0.2, 0) is 9.59 Å². The Bertz CT molecular complexity index is 489. The third-order valence-corrected chi connectivity index (χ3v) is 2.61. The number of carbonyl (C=O) groups excluding carboxylic acids is 1. The first-order valence-electron chi connectivity index (χ1n) is 5.44. The lowest BCUT2D eigenvalue weighted by Gasteiger charge is -2.25. The van der Waals surface area contributed by atoms with E-state index < -0.39 is 12.0 Å². The molecule has 1 amide bonds. The molecule has 18 heavy (non-hydrogen) atoms. The van der Waals surface area contributed by atoms with Gasteiger partial charge in [-0.3, -0.25) is 9.59 Å². The van der Waals surface area contributed by atoms with Crippen LogP contribution in [0.15, 0.2) is 12.1 Å². The van der Waals surface area contributed by atoms with Gasteiger partial charge in [-0.25, -0.2) is 0 Å². The highest BCUT2D eigenvalue weighted by Crippen LogP contribution is 2.27. The zero-order chi connectivity index (χ0) is 13.1. The van der Waals surface area contributed by atoms with Gasteiger partial charge in [0.1, 0.15) is 6.04 Å². The van der Waals surface area contributed by atoms with E-state index in [4.69, 9.17) is 9.84 Å². The van der Waals surface area contributed by atoms with Gasteiger partial charge >= 0.3 is 5.97 Å². The molecule has 0 radical (unpaired) electrons. The van der Waals surface area contributed by atoms with Crippen molar-refractivity contribution in [3.05, 3.63) is 12.1 Å². The highest BCUT2D eigenvalue weighted by Gasteiger charge is 2.26. The third kappa shape index (κ3) is 2.50. The second kappa shape index (κ2) is 4.91. The quantitative estimate of drug-likeness (QED) is 0.727. The molecule has 0 aliphatic carbocycles. The number of pyridine rings is 1. The van der Waals surface area contributed by atoms with E-state index in [0.717, 1.165) is 0 Å². The summed E-state index contributed by atoms with van der Waals surface area (Å²) in [5, 5.41) is 14.2. The maximum Gasteiger partial charge on any atom is 0.303 e. The average molecular weight is 251 g/mol. The molecule has 0 saturated carbocycles. The van der Waals surface area contributed by atoms with Crippen LogP contribution in [0, 0.1) is 0 Å². The van der Waals surface area contributed by atoms with Crippen molar-refractivity contribution in [3.8, 4) is 5.88 Å². The Morgan fingerprint density at radius 2 is 2.33 bits per heavy atom. The normalized spacial score (nSPS) is 17.4. The molecule has 7 nitrogen and oxygen atoms in total. The van der Waals surface area contributed by atoms with Crippen molar-refractivity contribution in [2.75, 3.05) is 17.7 Å². The lowest BCUT2D eigenvalue weighted by Crippen LogP contribution is -2.39. The van der Waals surface area contributed by atoms with Crippen LogP contribution in [0.4, 0.5) is 11.5 Å². The highest BCUT2D eigenvalue weighted by molar-refractivity contribution is 6.02. The zero-order valence-corrected chi connectivity index (χ0v) is 9.77. The van der Waals surface area contributed by atoms with Gasteiger partial charge in [0, 0.05) is 12.5 Å². The first-order chi connectivity index (χ1) is 8.60. The van der Waals surface area contributed by atoms with E-state index in [1.165, 1.54) is 7.11 Å². The maximum absolute atomic E-state index is 11.7. The van der Waals surface area contributed by atoms with E-state index in [0.29, 0.717) is 17.4 Å². The van der Waals surface area contributed by atoms with Crippen molar-refractivity contribution in [3.63, 3.8) is 0 Å². The van der Waals surface area contributed by atoms with Crippen LogP contribution >= 0.6 is 0 Å². The van der Waals surface area contributed by atoms with E-state index >= 15 is 0 Å². The van der Waals surface area contributed by atoms with Crippen LogP contribution in [0.3, 0.4) is 0 Å². The lowest BCUT2D eigenvalue weighted by atomic mass is 10.1. The van der Waals surface area contributed by atoms with Crippen LogP contribution in [0.1, 0.15) is 12.8 Å². The Hall–Kier alpha value is -2.31. The Balaban J connectivity index is 2.14. The number of methoxy groups -OCH3 is 1. The second-order valence-electron chi connectivity index (χ2n) is 3.87. The molecule has 7 heteroatoms. The van der Waals surface area contributed by atoms with Crippen LogP contribution in [-0.4, -0.2) is 35.1 Å². The van der Waals surface area contributed by atoms with Gasteiger partial charge in [0.05, 0.1) is 12.8 Å². The predicted octanol–water partition coefficient (Wildman–Crippen LogP) is 0.688. The van der Waals surface area contributed by atoms with Crippen molar-refractivity contribution in [2.24, 2.45) is 0 Å². The molecule has 96 valence electrons. The Morgan fingerprint density at radius 3 is 3.00 bits per heavy atom. The predicted molar refractivity (Wildman–Crippen MR) is 63.7 cm³/mol. The molecule has 0 saturated heterocycles. The van der Waals surface area contributed by atoms with Gasteiger partial charge in [0.25, 0.3) is 0 Å². The number of nitrogens with zero attached hydrogens (tertiary/aromatic N) is 1. The maximum atomic E-state index is 11.7. The molecule has 1 aliphatic rings. The fourth-order valence-electron chi connectivity index (χ4n) is 1.69. The van der Waals surface area contributed by atoms with Gasteiger partial charge in [-0.15, -0.1) is 0 Å². The van der Waals surface area contributed by atoms with Crippen LogP contribution in [0.2, 0.25) is 0 Å². The van der Waals surface area contributed by atoms with E-state index in [-0.39, 0.29) is 18.7 Å². The summed E-state index contributed by atoms with van der Waals surface area (Å²) < 4.78 is 4.98. The topological polar surface area (TPSA) is 101 Å². The highest BCUT2D eigenvalue weighted by atomic mass is 16.5. The number of nitrogens with one attached hydrogen (secondary N) is 2. The van der Waals surface area contributed by atoms with Gasteiger partial charge in [0.2, 0.25) is 11.8 Å². The number of hydrogen-bond donors (Lipinski definition) is 3. The molecule has 0 bridgehead atoms. The summed E-state index contributed by atoms with van der Waals surface area (Å²) >= 11 is 0. The molecule has 1 aromatic rings. The number of carboxylic acid groups (broad SMARTS) is 1. The summed E-state index contributed by atoms with van der Waals surface area (Å²) in [6.07, 6.45) is 0.129. The average Bonchev–Trinajstić information content (AvgIpc) is 2.35. The van der Waals surface area contributed by atoms with Crippen molar-refractivity contribution < 1.29 is 19.4 Å². The van der Waals surface area contributed by atoms with Gasteiger partial charge in [-0.2, -0.15) is 4.98 Å². The molecular weight excluding hydrogens is 238 g/mol. The summed E-state index contributed by atoms with van der Waals surface area (Å²) in [6.45, 7) is 0. The van der Waals surface area contributed by atoms with E-state index in [1.54, 1.807) is 12.1 Å². The number of carbonyl (C=O) groups is 2. The first kappa shape index (κ1) is 12.2. The second-order valence-corrected chi connectivity index (χ2v) is 3.87. The molecular formula is C11H13N3O4. The van der Waals surface area contributed by atoms with E-state index in [2.05, 4.69) is 15.6 Å². The molecule has 1 aromatic heterocycles. The summed E-state index contributed by atoms with van der Waals surface area (Å²) in [5.41, 5.74) is 0.562. The standard InChI is InChI=1S/C11H13N3O4/c1-18-8-4-2-6-10(14-8)12-7(11(17)13-6)3-5-9(15)16/h2,4,7H,3,5H2,1H3,(H,12,14)(H,13,17)(H,15,16). The monoisotopic (exact) mass is 251 g/mol. The summed E-state index contributed by atoms with van der Waals surface area (Å²) in [7, 11) is 1.50. The molecule has 0 spiro atoms. The summed E-state index contributed by atoms with van der Waals surface area (Å²) in [4.78, 5) is 26.3. The molecule has 1 atom stereocenters. The number of anilines is 2. The van der Waals surface area contributed by atoms with Crippen molar-refractivity contribution in [1.82, 2.24) is 4.98 Å². The lowest BCUT2D eigenvalue weighted by molar-refractivity contribution is -0.137. The molecule has 3 N–H and O–H groups in total. The van der Waals surface area contributed by atoms with Gasteiger partial charge in [0.15, 0.2) is 5.82 Å². The molecule has 0 fully saturated rings. The van der Waals surface area contributed by atoms with E-state index in [1.807, 2.05) is 0 Å². The number of aromatic nitrogens is 1. The van der Waals surface area contributed by atoms with Crippen molar-refractivity contribution >= 4 is 23.4 Å². The third-order valence-electron chi connectivity index (χ3n) is 2.61. The fraction of sp³-hybridized carbons (Fsp3) is 0.364. The summed E-state index contributed by atoms with van der Waals surface area (Å²) in [6, 6.07) is 2.73. The first-order valence-corrected chi connectivity index (χ1v) is 5.44. The largest absolute Gasteiger partial charge is 0.481 e. The van der Waals surface area contributed by atoms with E-state index in [9.17, 15) is 9.59 Å². The van der Waals surface area contributed by atoms with Gasteiger partial charge in [-0.05, 0) is 12.5 Å². The number of aliphatic carboxylic acids is 1. The minimum Gasteiger partial charge on any atom is -0.481 e. The molecule has 0 aromatic carbocycles. The van der Waals surface area contributed by atoms with Crippen molar-refractivity contribution in [1.29, 1.82) is 0 Å². The zero-order valence-electron chi connectivity index (χ0n) is 9.77. The van der Waals surface area contributed by atoms with Crippen LogP contribution in [0.25, 0.3) is 0 Å². The molecule has 2 rings (SSSR count). The van der Waals surface area contributed by atoms with Gasteiger partial charge in [-0.1, -0.05) is 0 Å². The molecule has 1 aliphatic heterocycles. The number of fused-ring (bicyclic) bond motifs is 1. The van der Waals surface area contributed by atoms with Crippen LogP contribution in [0.5, 0.6) is 5.88 Å². The smallest absolute Gasteiger partial charge is 0.303 e. The minimum atomic E-state index is -0.936. The SMILES string of the molecule is COc1ccc2c(n1)NC(CCC(=O)O)C(=O)N2. The fourth-order valence-corrected chi connectivity index (χ4v) is 1.69. The van der Waals surface area contributed by atoms with Crippen molar-refractivity contribution in [2.45, 2.75) is 18.9 Å². The Kier molecular flexibility index (Phi) is 3.31. The molecule has 1 unspecified atom stereocenters. The Morgan fingerprint density at radius 1 is 1.56 bits per heavy atom. The van der Waals surface area contributed by atoms with Gasteiger partial charge < -0.3 is 20.5 Å². The number of carboxylic acids is 1. The Labute approximate surface area is 103 Å². The minimum absolute atomic E-state index is 0.0790. The number of amides is 1. The van der Waals surface area contributed by atoms with Crippen LogP contribution < -0.4 is 15.4 Å². The molecule has 2 heterocycles. The number of hydrogen-bond acceptors (Lipinski definition) is 5. The number of rotatable bonds is 4. The summed E-state index contributed by atoms with van der Waals surface area (Å²) in [5.74, 6) is -0.275.